The topological polar surface area (TPSA) is 84.9 Å². The zero-order chi connectivity index (χ0) is 19.9. The second kappa shape index (κ2) is 9.27. The van der Waals surface area contributed by atoms with E-state index in [1.54, 1.807) is 42.5 Å². The molecule has 0 bridgehead atoms. The molecule has 2 aromatic carbocycles. The van der Waals surface area contributed by atoms with Gasteiger partial charge in [-0.2, -0.15) is 0 Å². The fraction of sp³-hybridized carbons (Fsp3) is 0.316. The molecule has 27 heavy (non-hydrogen) atoms. The average Bonchev–Trinajstić information content (AvgIpc) is 2.67. The molecule has 0 atom stereocenters. The molecule has 0 aliphatic heterocycles. The van der Waals surface area contributed by atoms with Crippen molar-refractivity contribution in [3.8, 4) is 11.5 Å². The SMILES string of the molecule is COc1ccc(CC(=O)NCCS(=O)(=O)N(C)c2ccccc2)cc1OC. The molecular weight excluding hydrogens is 368 g/mol. The Balaban J connectivity index is 1.88. The lowest BCUT2D eigenvalue weighted by molar-refractivity contribution is -0.120. The van der Waals surface area contributed by atoms with Crippen molar-refractivity contribution in [1.29, 1.82) is 0 Å². The summed E-state index contributed by atoms with van der Waals surface area (Å²) in [4.78, 5) is 12.1. The number of nitrogens with zero attached hydrogens (tertiary/aromatic N) is 1. The number of hydrogen-bond donors (Lipinski definition) is 1. The summed E-state index contributed by atoms with van der Waals surface area (Å²) in [5.41, 5.74) is 1.32. The Morgan fingerprint density at radius 2 is 1.70 bits per heavy atom. The van der Waals surface area contributed by atoms with Crippen LogP contribution in [0.4, 0.5) is 5.69 Å². The van der Waals surface area contributed by atoms with Crippen LogP contribution in [0, 0.1) is 0 Å². The Morgan fingerprint density at radius 1 is 1.04 bits per heavy atom. The molecule has 0 heterocycles. The molecule has 0 aliphatic carbocycles. The van der Waals surface area contributed by atoms with Crippen molar-refractivity contribution in [3.05, 3.63) is 54.1 Å². The second-order valence-electron chi connectivity index (χ2n) is 5.84. The highest BCUT2D eigenvalue weighted by Gasteiger charge is 2.18. The normalized spacial score (nSPS) is 10.9. The third-order valence-electron chi connectivity index (χ3n) is 4.03. The first-order valence-corrected chi connectivity index (χ1v) is 9.97. The van der Waals surface area contributed by atoms with Gasteiger partial charge in [-0.3, -0.25) is 9.10 Å². The van der Waals surface area contributed by atoms with Gasteiger partial charge in [0.1, 0.15) is 0 Å². The summed E-state index contributed by atoms with van der Waals surface area (Å²) >= 11 is 0. The van der Waals surface area contributed by atoms with Gasteiger partial charge >= 0.3 is 0 Å². The number of ether oxygens (including phenoxy) is 2. The molecule has 0 aromatic heterocycles. The Hall–Kier alpha value is -2.74. The lowest BCUT2D eigenvalue weighted by atomic mass is 10.1. The number of sulfonamides is 1. The molecule has 7 nitrogen and oxygen atoms in total. The van der Waals surface area contributed by atoms with Crippen LogP contribution in [0.2, 0.25) is 0 Å². The highest BCUT2D eigenvalue weighted by Crippen LogP contribution is 2.27. The van der Waals surface area contributed by atoms with E-state index in [9.17, 15) is 13.2 Å². The van der Waals surface area contributed by atoms with Crippen LogP contribution >= 0.6 is 0 Å². The smallest absolute Gasteiger partial charge is 0.236 e. The highest BCUT2D eigenvalue weighted by atomic mass is 32.2. The van der Waals surface area contributed by atoms with Crippen LogP contribution in [0.15, 0.2) is 48.5 Å². The van der Waals surface area contributed by atoms with E-state index in [-0.39, 0.29) is 24.6 Å². The molecule has 2 rings (SSSR count). The molecule has 1 N–H and O–H groups in total. The summed E-state index contributed by atoms with van der Waals surface area (Å²) in [5, 5.41) is 2.64. The van der Waals surface area contributed by atoms with Gasteiger partial charge in [-0.25, -0.2) is 8.42 Å². The van der Waals surface area contributed by atoms with Crippen molar-refractivity contribution in [2.24, 2.45) is 0 Å². The Morgan fingerprint density at radius 3 is 2.33 bits per heavy atom. The van der Waals surface area contributed by atoms with Crippen LogP contribution in [0.1, 0.15) is 5.56 Å². The highest BCUT2D eigenvalue weighted by molar-refractivity contribution is 7.92. The molecule has 0 aliphatic rings. The van der Waals surface area contributed by atoms with Crippen molar-refractivity contribution in [2.45, 2.75) is 6.42 Å². The third-order valence-corrected chi connectivity index (χ3v) is 5.80. The number of nitrogens with one attached hydrogen (secondary N) is 1. The summed E-state index contributed by atoms with van der Waals surface area (Å²) in [6.45, 7) is 0.0334. The number of benzene rings is 2. The van der Waals surface area contributed by atoms with Crippen LogP contribution in [0.25, 0.3) is 0 Å². The van der Waals surface area contributed by atoms with Gasteiger partial charge in [0.15, 0.2) is 11.5 Å². The van der Waals surface area contributed by atoms with Gasteiger partial charge < -0.3 is 14.8 Å². The molecule has 8 heteroatoms. The number of para-hydroxylation sites is 1. The minimum absolute atomic E-state index is 0.0334. The molecule has 2 aromatic rings. The zero-order valence-electron chi connectivity index (χ0n) is 15.6. The van der Waals surface area contributed by atoms with Crippen molar-refractivity contribution in [2.75, 3.05) is 37.9 Å². The third kappa shape index (κ3) is 5.62. The first-order chi connectivity index (χ1) is 12.9. The fourth-order valence-electron chi connectivity index (χ4n) is 2.49. The largest absolute Gasteiger partial charge is 0.493 e. The molecule has 0 radical (unpaired) electrons. The zero-order valence-corrected chi connectivity index (χ0v) is 16.5. The molecule has 0 saturated heterocycles. The van der Waals surface area contributed by atoms with Crippen LogP contribution in [0.5, 0.6) is 11.5 Å². The monoisotopic (exact) mass is 392 g/mol. The number of carbonyl (C=O) groups is 1. The second-order valence-corrected chi connectivity index (χ2v) is 7.95. The summed E-state index contributed by atoms with van der Waals surface area (Å²) in [7, 11) is 1.04. The van der Waals surface area contributed by atoms with E-state index in [1.807, 2.05) is 6.07 Å². The van der Waals surface area contributed by atoms with Crippen molar-refractivity contribution >= 4 is 21.6 Å². The number of carbonyl (C=O) groups excluding carboxylic acids is 1. The number of rotatable bonds is 9. The minimum Gasteiger partial charge on any atom is -0.493 e. The molecule has 146 valence electrons. The van der Waals surface area contributed by atoms with E-state index >= 15 is 0 Å². The average molecular weight is 392 g/mol. The molecule has 0 spiro atoms. The van der Waals surface area contributed by atoms with E-state index in [4.69, 9.17) is 9.47 Å². The number of methoxy groups -OCH3 is 2. The maximum atomic E-state index is 12.4. The number of anilines is 1. The first-order valence-electron chi connectivity index (χ1n) is 8.36. The van der Waals surface area contributed by atoms with Crippen LogP contribution in [-0.2, 0) is 21.2 Å². The number of amides is 1. The maximum Gasteiger partial charge on any atom is 0.236 e. The van der Waals surface area contributed by atoms with E-state index < -0.39 is 10.0 Å². The summed E-state index contributed by atoms with van der Waals surface area (Å²) in [5.74, 6) is 0.669. The molecule has 0 saturated carbocycles. The van der Waals surface area contributed by atoms with E-state index in [1.165, 1.54) is 25.6 Å². The summed E-state index contributed by atoms with van der Waals surface area (Å²) in [6, 6.07) is 14.0. The summed E-state index contributed by atoms with van der Waals surface area (Å²) < 4.78 is 36.3. The van der Waals surface area contributed by atoms with E-state index in [0.717, 1.165) is 5.56 Å². The Kier molecular flexibility index (Phi) is 7.06. The Bertz CT molecular complexity index is 869. The quantitative estimate of drug-likeness (QED) is 0.704. The van der Waals surface area contributed by atoms with Crippen molar-refractivity contribution < 1.29 is 22.7 Å². The van der Waals surface area contributed by atoms with Crippen LogP contribution in [0.3, 0.4) is 0 Å². The minimum atomic E-state index is -3.52. The molecule has 0 fully saturated rings. The van der Waals surface area contributed by atoms with Gasteiger partial charge in [0.2, 0.25) is 15.9 Å². The Labute approximate surface area is 160 Å². The van der Waals surface area contributed by atoms with E-state index in [2.05, 4.69) is 5.32 Å². The van der Waals surface area contributed by atoms with Crippen LogP contribution in [-0.4, -0.2) is 47.9 Å². The first kappa shape index (κ1) is 20.6. The fourth-order valence-corrected chi connectivity index (χ4v) is 3.57. The van der Waals surface area contributed by atoms with Gasteiger partial charge in [-0.1, -0.05) is 24.3 Å². The molecule has 1 amide bonds. The van der Waals surface area contributed by atoms with Crippen molar-refractivity contribution in [1.82, 2.24) is 5.32 Å². The maximum absolute atomic E-state index is 12.4. The van der Waals surface area contributed by atoms with Crippen LogP contribution < -0.4 is 19.1 Å². The lowest BCUT2D eigenvalue weighted by Crippen LogP contribution is -2.36. The van der Waals surface area contributed by atoms with Gasteiger partial charge in [-0.05, 0) is 29.8 Å². The van der Waals surface area contributed by atoms with Gasteiger partial charge in [0.05, 0.1) is 32.1 Å². The van der Waals surface area contributed by atoms with Crippen molar-refractivity contribution in [3.63, 3.8) is 0 Å². The predicted octanol–water partition coefficient (Wildman–Crippen LogP) is 1.83. The summed E-state index contributed by atoms with van der Waals surface area (Å²) in [6.07, 6.45) is 0.120. The standard InChI is InChI=1S/C19H24N2O5S/c1-21(16-7-5-4-6-8-16)27(23,24)12-11-20-19(22)14-15-9-10-17(25-2)18(13-15)26-3/h4-10,13H,11-12,14H2,1-3H3,(H,20,22). The van der Waals surface area contributed by atoms with E-state index in [0.29, 0.717) is 17.2 Å². The number of hydrogen-bond acceptors (Lipinski definition) is 5. The van der Waals surface area contributed by atoms with Gasteiger partial charge in [0, 0.05) is 13.6 Å². The lowest BCUT2D eigenvalue weighted by Gasteiger charge is -2.19. The predicted molar refractivity (Wildman–Crippen MR) is 105 cm³/mol. The van der Waals surface area contributed by atoms with Gasteiger partial charge in [-0.15, -0.1) is 0 Å². The molecular formula is C19H24N2O5S. The molecule has 0 unspecified atom stereocenters. The van der Waals surface area contributed by atoms with Gasteiger partial charge in [0.25, 0.3) is 0 Å².